The molecule has 0 spiro atoms. The Morgan fingerprint density at radius 1 is 1.27 bits per heavy atom. The molecule has 1 N–H and O–H groups in total. The van der Waals surface area contributed by atoms with Gasteiger partial charge in [-0.3, -0.25) is 9.69 Å². The molecule has 3 rings (SSSR count). The van der Waals surface area contributed by atoms with Gasteiger partial charge in [0.15, 0.2) is 5.60 Å². The Morgan fingerprint density at radius 3 is 2.82 bits per heavy atom. The van der Waals surface area contributed by atoms with E-state index in [9.17, 15) is 4.79 Å². The van der Waals surface area contributed by atoms with E-state index in [0.717, 1.165) is 13.1 Å². The summed E-state index contributed by atoms with van der Waals surface area (Å²) in [6.07, 6.45) is 0. The molecule has 4 nitrogen and oxygen atoms in total. The number of hydrogen-bond acceptors (Lipinski definition) is 3. The second-order valence-electron chi connectivity index (χ2n) is 6.05. The lowest BCUT2D eigenvalue weighted by Gasteiger charge is -2.39. The second-order valence-corrected chi connectivity index (χ2v) is 6.05. The van der Waals surface area contributed by atoms with Crippen LogP contribution in [0.25, 0.3) is 10.8 Å². The largest absolute Gasteiger partial charge is 0.363 e. The Hall–Kier alpha value is -1.91. The van der Waals surface area contributed by atoms with Crippen molar-refractivity contribution in [1.82, 2.24) is 10.2 Å². The molecule has 0 radical (unpaired) electrons. The van der Waals surface area contributed by atoms with Crippen LogP contribution in [0.3, 0.4) is 0 Å². The van der Waals surface area contributed by atoms with E-state index in [4.69, 9.17) is 4.74 Å². The lowest BCUT2D eigenvalue weighted by atomic mass is 10.0. The molecule has 0 aromatic heterocycles. The molecule has 116 valence electrons. The summed E-state index contributed by atoms with van der Waals surface area (Å²) in [6, 6.07) is 14.9. The number of nitrogens with one attached hydrogen (secondary N) is 1. The summed E-state index contributed by atoms with van der Waals surface area (Å²) in [5.74, 6) is -0.0595. The fraction of sp³-hybridized carbons (Fsp3) is 0.389. The lowest BCUT2D eigenvalue weighted by Crippen LogP contribution is -2.57. The molecule has 0 aliphatic carbocycles. The lowest BCUT2D eigenvalue weighted by molar-refractivity contribution is -0.156. The highest BCUT2D eigenvalue weighted by molar-refractivity contribution is 5.85. The standard InChI is InChI=1S/C18H22N2O2/c1-18(17(21)19-2)13-20(9-10-22-18)12-14-7-8-15-5-3-4-6-16(15)11-14/h3-8,11H,9-10,12-13H2,1-2H3,(H,19,21)/t18-/m0/s1. The highest BCUT2D eigenvalue weighted by Crippen LogP contribution is 2.21. The van der Waals surface area contributed by atoms with Crippen LogP contribution >= 0.6 is 0 Å². The minimum Gasteiger partial charge on any atom is -0.363 e. The van der Waals surface area contributed by atoms with E-state index in [2.05, 4.69) is 52.7 Å². The van der Waals surface area contributed by atoms with Gasteiger partial charge in [-0.1, -0.05) is 36.4 Å². The Morgan fingerprint density at radius 2 is 2.05 bits per heavy atom. The van der Waals surface area contributed by atoms with Gasteiger partial charge in [-0.15, -0.1) is 0 Å². The van der Waals surface area contributed by atoms with Crippen LogP contribution in [0.15, 0.2) is 42.5 Å². The average Bonchev–Trinajstić information content (AvgIpc) is 2.54. The summed E-state index contributed by atoms with van der Waals surface area (Å²) >= 11 is 0. The van der Waals surface area contributed by atoms with Gasteiger partial charge in [0.05, 0.1) is 6.61 Å². The topological polar surface area (TPSA) is 41.6 Å². The van der Waals surface area contributed by atoms with E-state index >= 15 is 0 Å². The second kappa shape index (κ2) is 6.07. The molecule has 2 aromatic carbocycles. The summed E-state index contributed by atoms with van der Waals surface area (Å²) in [7, 11) is 1.65. The number of carbonyl (C=O) groups excluding carboxylic acids is 1. The van der Waals surface area contributed by atoms with Crippen LogP contribution in [0.5, 0.6) is 0 Å². The van der Waals surface area contributed by atoms with E-state index in [0.29, 0.717) is 13.2 Å². The first-order chi connectivity index (χ1) is 10.6. The number of ether oxygens (including phenoxy) is 1. The van der Waals surface area contributed by atoms with E-state index in [1.54, 1.807) is 7.05 Å². The summed E-state index contributed by atoms with van der Waals surface area (Å²) in [4.78, 5) is 14.3. The SMILES string of the molecule is CNC(=O)[C@]1(C)CN(Cc2ccc3ccccc3c2)CCO1. The molecule has 0 saturated carbocycles. The molecular weight excluding hydrogens is 276 g/mol. The van der Waals surface area contributed by atoms with E-state index < -0.39 is 5.60 Å². The van der Waals surface area contributed by atoms with Crippen LogP contribution in [0, 0.1) is 0 Å². The van der Waals surface area contributed by atoms with Gasteiger partial charge in [-0.2, -0.15) is 0 Å². The van der Waals surface area contributed by atoms with Crippen LogP contribution in [0.2, 0.25) is 0 Å². The van der Waals surface area contributed by atoms with E-state index in [1.807, 2.05) is 6.92 Å². The third-order valence-corrected chi connectivity index (χ3v) is 4.28. The first-order valence-electron chi connectivity index (χ1n) is 7.67. The fourth-order valence-corrected chi connectivity index (χ4v) is 3.08. The molecule has 0 bridgehead atoms. The summed E-state index contributed by atoms with van der Waals surface area (Å²) in [5.41, 5.74) is 0.504. The van der Waals surface area contributed by atoms with Crippen LogP contribution < -0.4 is 5.32 Å². The number of nitrogens with zero attached hydrogens (tertiary/aromatic N) is 1. The minimum atomic E-state index is -0.760. The highest BCUT2D eigenvalue weighted by atomic mass is 16.5. The zero-order chi connectivity index (χ0) is 15.6. The number of benzene rings is 2. The first-order valence-corrected chi connectivity index (χ1v) is 7.67. The molecule has 1 aliphatic rings. The van der Waals surface area contributed by atoms with Gasteiger partial charge in [-0.25, -0.2) is 0 Å². The van der Waals surface area contributed by atoms with Crippen LogP contribution in [-0.2, 0) is 16.1 Å². The van der Waals surface area contributed by atoms with E-state index in [-0.39, 0.29) is 5.91 Å². The Balaban J connectivity index is 1.75. The molecule has 1 heterocycles. The Bertz CT molecular complexity index is 686. The average molecular weight is 298 g/mol. The highest BCUT2D eigenvalue weighted by Gasteiger charge is 2.38. The predicted octanol–water partition coefficient (Wildman–Crippen LogP) is 2.18. The number of morpholine rings is 1. The molecule has 1 saturated heterocycles. The van der Waals surface area contributed by atoms with Crippen LogP contribution in [-0.4, -0.2) is 43.2 Å². The van der Waals surface area contributed by atoms with Crippen molar-refractivity contribution in [2.45, 2.75) is 19.1 Å². The maximum atomic E-state index is 12.0. The van der Waals surface area contributed by atoms with Gasteiger partial charge in [0.1, 0.15) is 0 Å². The number of fused-ring (bicyclic) bond motifs is 1. The maximum Gasteiger partial charge on any atom is 0.253 e. The van der Waals surface area contributed by atoms with Crippen molar-refractivity contribution in [3.05, 3.63) is 48.0 Å². The van der Waals surface area contributed by atoms with Gasteiger partial charge in [0.25, 0.3) is 5.91 Å². The molecule has 4 heteroatoms. The van der Waals surface area contributed by atoms with Crippen LogP contribution in [0.4, 0.5) is 0 Å². The maximum absolute atomic E-state index is 12.0. The predicted molar refractivity (Wildman–Crippen MR) is 87.6 cm³/mol. The minimum absolute atomic E-state index is 0.0595. The molecule has 1 aliphatic heterocycles. The quantitative estimate of drug-likeness (QED) is 0.944. The van der Waals surface area contributed by atoms with Gasteiger partial charge in [-0.05, 0) is 29.3 Å². The zero-order valence-electron chi connectivity index (χ0n) is 13.1. The number of carbonyl (C=O) groups is 1. The summed E-state index contributed by atoms with van der Waals surface area (Å²) in [5, 5.41) is 5.20. The monoisotopic (exact) mass is 298 g/mol. The molecule has 1 amide bonds. The van der Waals surface area contributed by atoms with Gasteiger partial charge < -0.3 is 10.1 Å². The third-order valence-electron chi connectivity index (χ3n) is 4.28. The Kier molecular flexibility index (Phi) is 4.14. The molecular formula is C18H22N2O2. The molecule has 0 unspecified atom stereocenters. The van der Waals surface area contributed by atoms with Gasteiger partial charge in [0.2, 0.25) is 0 Å². The first kappa shape index (κ1) is 15.0. The number of likely N-dealkylation sites (N-methyl/N-ethyl adjacent to an activating group) is 1. The van der Waals surface area contributed by atoms with Crippen molar-refractivity contribution >= 4 is 16.7 Å². The van der Waals surface area contributed by atoms with Crippen molar-refractivity contribution in [2.75, 3.05) is 26.7 Å². The van der Waals surface area contributed by atoms with E-state index in [1.165, 1.54) is 16.3 Å². The number of amides is 1. The van der Waals surface area contributed by atoms with Crippen LogP contribution in [0.1, 0.15) is 12.5 Å². The van der Waals surface area contributed by atoms with Gasteiger partial charge >= 0.3 is 0 Å². The zero-order valence-corrected chi connectivity index (χ0v) is 13.1. The smallest absolute Gasteiger partial charge is 0.253 e. The number of rotatable bonds is 3. The molecule has 22 heavy (non-hydrogen) atoms. The number of hydrogen-bond donors (Lipinski definition) is 1. The fourth-order valence-electron chi connectivity index (χ4n) is 3.08. The molecule has 1 atom stereocenters. The third kappa shape index (κ3) is 2.98. The van der Waals surface area contributed by atoms with Crippen molar-refractivity contribution in [3.8, 4) is 0 Å². The van der Waals surface area contributed by atoms with Crippen molar-refractivity contribution in [1.29, 1.82) is 0 Å². The van der Waals surface area contributed by atoms with Crippen molar-refractivity contribution in [2.24, 2.45) is 0 Å². The van der Waals surface area contributed by atoms with Crippen molar-refractivity contribution in [3.63, 3.8) is 0 Å². The Labute approximate surface area is 131 Å². The van der Waals surface area contributed by atoms with Gasteiger partial charge in [0, 0.05) is 26.7 Å². The van der Waals surface area contributed by atoms with Crippen molar-refractivity contribution < 1.29 is 9.53 Å². The normalized spacial score (nSPS) is 22.6. The molecule has 1 fully saturated rings. The summed E-state index contributed by atoms with van der Waals surface area (Å²) in [6.45, 7) is 4.73. The molecule has 2 aromatic rings. The summed E-state index contributed by atoms with van der Waals surface area (Å²) < 4.78 is 5.70.